The van der Waals surface area contributed by atoms with Gasteiger partial charge in [-0.15, -0.1) is 0 Å². The van der Waals surface area contributed by atoms with Crippen LogP contribution in [-0.4, -0.2) is 23.4 Å². The van der Waals surface area contributed by atoms with Gasteiger partial charge in [0.05, 0.1) is 17.2 Å². The second kappa shape index (κ2) is 6.60. The van der Waals surface area contributed by atoms with E-state index in [-0.39, 0.29) is 22.7 Å². The number of nitrogens with two attached hydrogens (primary N) is 1. The molecule has 2 N–H and O–H groups in total. The van der Waals surface area contributed by atoms with E-state index in [1.807, 2.05) is 6.07 Å². The number of nitrogens with zero attached hydrogens (tertiary/aromatic N) is 3. The molecule has 1 aliphatic carbocycles. The average molecular weight is 288 g/mol. The quantitative estimate of drug-likeness (QED) is 0.917. The third-order valence-corrected chi connectivity index (χ3v) is 4.84. The molecular formula is C14H16N4OS. The zero-order valence-electron chi connectivity index (χ0n) is 11.3. The summed E-state index contributed by atoms with van der Waals surface area (Å²) in [6, 6.07) is 5.55. The number of pyridine rings is 1. The molecule has 1 saturated carbocycles. The second-order valence-electron chi connectivity index (χ2n) is 4.71. The fourth-order valence-electron chi connectivity index (χ4n) is 2.38. The highest BCUT2D eigenvalue weighted by Gasteiger charge is 2.27. The predicted octanol–water partition coefficient (Wildman–Crippen LogP) is 2.46. The van der Waals surface area contributed by atoms with Crippen LogP contribution in [0.1, 0.15) is 36.8 Å². The maximum Gasteiger partial charge on any atom is 0.142 e. The van der Waals surface area contributed by atoms with Crippen LogP contribution in [0, 0.1) is 22.7 Å². The van der Waals surface area contributed by atoms with Gasteiger partial charge in [0.15, 0.2) is 0 Å². The molecule has 1 aromatic rings. The topological polar surface area (TPSA) is 95.7 Å². The number of nitriles is 2. The highest BCUT2D eigenvalue weighted by molar-refractivity contribution is 8.00. The fourth-order valence-corrected chi connectivity index (χ4v) is 3.73. The molecule has 0 amide bonds. The van der Waals surface area contributed by atoms with Crippen LogP contribution in [0.3, 0.4) is 0 Å². The lowest BCUT2D eigenvalue weighted by Gasteiger charge is -2.29. The Hall–Kier alpha value is -1.76. The van der Waals surface area contributed by atoms with Crippen LogP contribution >= 0.6 is 11.8 Å². The smallest absolute Gasteiger partial charge is 0.142 e. The molecule has 1 aromatic heterocycles. The van der Waals surface area contributed by atoms with Crippen molar-refractivity contribution in [3.05, 3.63) is 17.2 Å². The zero-order chi connectivity index (χ0) is 14.5. The normalized spacial score (nSPS) is 21.9. The van der Waals surface area contributed by atoms with E-state index in [1.165, 1.54) is 24.2 Å². The molecule has 20 heavy (non-hydrogen) atoms. The lowest BCUT2D eigenvalue weighted by atomic mass is 9.97. The van der Waals surface area contributed by atoms with Crippen molar-refractivity contribution < 1.29 is 4.74 Å². The van der Waals surface area contributed by atoms with Crippen LogP contribution in [0.5, 0.6) is 0 Å². The van der Waals surface area contributed by atoms with Gasteiger partial charge in [-0.25, -0.2) is 4.98 Å². The Kier molecular flexibility index (Phi) is 4.84. The Labute approximate surface area is 122 Å². The van der Waals surface area contributed by atoms with E-state index < -0.39 is 0 Å². The second-order valence-corrected chi connectivity index (χ2v) is 5.94. The van der Waals surface area contributed by atoms with E-state index in [1.54, 1.807) is 7.11 Å². The summed E-state index contributed by atoms with van der Waals surface area (Å²) in [6.07, 6.45) is 4.57. The van der Waals surface area contributed by atoms with Gasteiger partial charge in [-0.2, -0.15) is 10.5 Å². The molecule has 2 rings (SSSR count). The van der Waals surface area contributed by atoms with Gasteiger partial charge in [0.25, 0.3) is 0 Å². The Balaban J connectivity index is 2.27. The zero-order valence-corrected chi connectivity index (χ0v) is 12.1. The number of methoxy groups -OCH3 is 1. The molecule has 0 aromatic carbocycles. The van der Waals surface area contributed by atoms with E-state index >= 15 is 0 Å². The van der Waals surface area contributed by atoms with Gasteiger partial charge in [0, 0.05) is 12.4 Å². The number of hydrogen-bond acceptors (Lipinski definition) is 6. The summed E-state index contributed by atoms with van der Waals surface area (Å²) in [4.78, 5) is 4.22. The number of ether oxygens (including phenoxy) is 1. The van der Waals surface area contributed by atoms with Crippen molar-refractivity contribution in [2.24, 2.45) is 0 Å². The minimum absolute atomic E-state index is 0.179. The van der Waals surface area contributed by atoms with Crippen molar-refractivity contribution in [2.75, 3.05) is 12.8 Å². The van der Waals surface area contributed by atoms with E-state index in [9.17, 15) is 5.26 Å². The third-order valence-electron chi connectivity index (χ3n) is 3.47. The maximum atomic E-state index is 9.20. The van der Waals surface area contributed by atoms with Crippen LogP contribution in [0.2, 0.25) is 0 Å². The summed E-state index contributed by atoms with van der Waals surface area (Å²) >= 11 is 1.53. The van der Waals surface area contributed by atoms with Crippen LogP contribution in [0.15, 0.2) is 11.1 Å². The summed E-state index contributed by atoms with van der Waals surface area (Å²) in [6.45, 7) is 0. The van der Waals surface area contributed by atoms with Crippen molar-refractivity contribution in [3.63, 3.8) is 0 Å². The van der Waals surface area contributed by atoms with Gasteiger partial charge in [-0.3, -0.25) is 0 Å². The molecule has 1 aliphatic rings. The number of rotatable bonds is 3. The molecule has 0 spiro atoms. The summed E-state index contributed by atoms with van der Waals surface area (Å²) in [5.41, 5.74) is 6.39. The van der Waals surface area contributed by atoms with Crippen molar-refractivity contribution in [2.45, 2.75) is 42.1 Å². The molecule has 1 fully saturated rings. The minimum atomic E-state index is 0.179. The molecule has 6 heteroatoms. The van der Waals surface area contributed by atoms with Crippen LogP contribution < -0.4 is 5.73 Å². The van der Waals surface area contributed by atoms with Crippen LogP contribution in [0.4, 0.5) is 5.82 Å². The van der Waals surface area contributed by atoms with Crippen molar-refractivity contribution in [1.29, 1.82) is 10.5 Å². The van der Waals surface area contributed by atoms with Gasteiger partial charge in [0.1, 0.15) is 23.0 Å². The minimum Gasteiger partial charge on any atom is -0.383 e. The average Bonchev–Trinajstić information content (AvgIpc) is 2.48. The molecular weight excluding hydrogens is 272 g/mol. The van der Waals surface area contributed by atoms with Gasteiger partial charge in [0.2, 0.25) is 0 Å². The predicted molar refractivity (Wildman–Crippen MR) is 77.0 cm³/mol. The van der Waals surface area contributed by atoms with Gasteiger partial charge >= 0.3 is 0 Å². The Morgan fingerprint density at radius 2 is 2.00 bits per heavy atom. The third kappa shape index (κ3) is 3.04. The number of hydrogen-bond donors (Lipinski definition) is 1. The van der Waals surface area contributed by atoms with Crippen LogP contribution in [-0.2, 0) is 4.74 Å². The number of anilines is 1. The molecule has 0 aliphatic heterocycles. The van der Waals surface area contributed by atoms with Gasteiger partial charge in [-0.1, -0.05) is 24.6 Å². The number of nitrogen functional groups attached to an aromatic ring is 1. The summed E-state index contributed by atoms with van der Waals surface area (Å²) in [5, 5.41) is 19.0. The summed E-state index contributed by atoms with van der Waals surface area (Å²) in [7, 11) is 1.72. The molecule has 2 atom stereocenters. The Morgan fingerprint density at radius 1 is 1.30 bits per heavy atom. The SMILES string of the molecule is CO[C@H]1CCCC[C@@H]1Sc1nc(N)c(C#N)cc1C#N. The van der Waals surface area contributed by atoms with Crippen molar-refractivity contribution in [3.8, 4) is 12.1 Å². The Morgan fingerprint density at radius 3 is 2.65 bits per heavy atom. The van der Waals surface area contributed by atoms with E-state index in [4.69, 9.17) is 15.7 Å². The van der Waals surface area contributed by atoms with E-state index in [0.29, 0.717) is 10.6 Å². The van der Waals surface area contributed by atoms with E-state index in [2.05, 4.69) is 11.1 Å². The maximum absolute atomic E-state index is 9.20. The fraction of sp³-hybridized carbons (Fsp3) is 0.500. The standard InChI is InChI=1S/C14H16N4OS/c1-19-11-4-2-3-5-12(11)20-14-10(8-16)6-9(7-15)13(17)18-14/h6,11-12H,2-5H2,1H3,(H2,17,18)/t11-,12-/m0/s1. The molecule has 0 saturated heterocycles. The first-order valence-electron chi connectivity index (χ1n) is 6.49. The first kappa shape index (κ1) is 14.6. The van der Waals surface area contributed by atoms with Gasteiger partial charge in [-0.05, 0) is 18.9 Å². The molecule has 5 nitrogen and oxygen atoms in total. The van der Waals surface area contributed by atoms with Gasteiger partial charge < -0.3 is 10.5 Å². The largest absolute Gasteiger partial charge is 0.383 e. The molecule has 1 heterocycles. The van der Waals surface area contributed by atoms with E-state index in [0.717, 1.165) is 19.3 Å². The molecule has 0 unspecified atom stereocenters. The summed E-state index contributed by atoms with van der Waals surface area (Å²) in [5.74, 6) is 0.179. The first-order chi connectivity index (χ1) is 9.69. The lowest BCUT2D eigenvalue weighted by Crippen LogP contribution is -2.29. The molecule has 0 radical (unpaired) electrons. The summed E-state index contributed by atoms with van der Waals surface area (Å²) < 4.78 is 5.51. The molecule has 0 bridgehead atoms. The van der Waals surface area contributed by atoms with Crippen molar-refractivity contribution >= 4 is 17.6 Å². The number of aromatic nitrogens is 1. The highest BCUT2D eigenvalue weighted by atomic mass is 32.2. The highest BCUT2D eigenvalue weighted by Crippen LogP contribution is 2.36. The monoisotopic (exact) mass is 288 g/mol. The Bertz CT molecular complexity index is 576. The lowest BCUT2D eigenvalue weighted by molar-refractivity contribution is 0.0763. The molecule has 104 valence electrons. The first-order valence-corrected chi connectivity index (χ1v) is 7.37. The van der Waals surface area contributed by atoms with Crippen molar-refractivity contribution in [1.82, 2.24) is 4.98 Å². The van der Waals surface area contributed by atoms with Crippen LogP contribution in [0.25, 0.3) is 0 Å². The number of thioether (sulfide) groups is 1.